The number of anilines is 1. The molecular weight excluding hydrogens is 492 g/mol. The van der Waals surface area contributed by atoms with Crippen LogP contribution in [0.2, 0.25) is 0 Å². The highest BCUT2D eigenvalue weighted by atomic mass is 35.5. The Morgan fingerprint density at radius 3 is 2.44 bits per heavy atom. The van der Waals surface area contributed by atoms with Gasteiger partial charge < -0.3 is 14.1 Å². The summed E-state index contributed by atoms with van der Waals surface area (Å²) in [5.41, 5.74) is 4.47. The molecule has 4 aromatic rings. The molecule has 0 atom stereocenters. The van der Waals surface area contributed by atoms with Crippen molar-refractivity contribution in [2.75, 3.05) is 50.5 Å². The number of nitrogens with zero attached hydrogens (tertiary/aromatic N) is 2. The van der Waals surface area contributed by atoms with Gasteiger partial charge in [0.15, 0.2) is 5.43 Å². The van der Waals surface area contributed by atoms with Crippen LogP contribution in [0.25, 0.3) is 22.1 Å². The fourth-order valence-corrected chi connectivity index (χ4v) is 5.61. The first kappa shape index (κ1) is 26.1. The minimum Gasteiger partial charge on any atom is -0.495 e. The molecule has 5 nitrogen and oxygen atoms in total. The zero-order valence-electron chi connectivity index (χ0n) is 20.4. The van der Waals surface area contributed by atoms with Gasteiger partial charge in [-0.1, -0.05) is 54.6 Å². The van der Waals surface area contributed by atoms with E-state index < -0.39 is 0 Å². The van der Waals surface area contributed by atoms with Crippen LogP contribution in [0.3, 0.4) is 0 Å². The van der Waals surface area contributed by atoms with Gasteiger partial charge in [0, 0.05) is 49.8 Å². The van der Waals surface area contributed by atoms with Crippen LogP contribution < -0.4 is 15.1 Å². The first-order valence-corrected chi connectivity index (χ1v) is 13.2. The van der Waals surface area contributed by atoms with Gasteiger partial charge in [0.25, 0.3) is 0 Å². The number of rotatable bonds is 8. The summed E-state index contributed by atoms with van der Waals surface area (Å²) in [5.74, 6) is 2.80. The van der Waals surface area contributed by atoms with Crippen molar-refractivity contribution < 1.29 is 9.15 Å². The molecule has 0 radical (unpaired) electrons. The lowest BCUT2D eigenvalue weighted by molar-refractivity contribution is 0.272. The highest BCUT2D eigenvalue weighted by Gasteiger charge is 2.19. The number of hydrogen-bond acceptors (Lipinski definition) is 6. The monoisotopic (exact) mass is 522 g/mol. The van der Waals surface area contributed by atoms with Crippen molar-refractivity contribution in [1.29, 1.82) is 0 Å². The van der Waals surface area contributed by atoms with E-state index in [-0.39, 0.29) is 17.8 Å². The molecule has 5 rings (SSSR count). The van der Waals surface area contributed by atoms with Crippen LogP contribution in [0.15, 0.2) is 88.3 Å². The van der Waals surface area contributed by atoms with Crippen LogP contribution in [-0.2, 0) is 5.75 Å². The van der Waals surface area contributed by atoms with E-state index in [1.165, 1.54) is 5.69 Å². The Morgan fingerprint density at radius 2 is 1.67 bits per heavy atom. The third-order valence-corrected chi connectivity index (χ3v) is 7.56. The van der Waals surface area contributed by atoms with E-state index in [4.69, 9.17) is 9.15 Å². The molecule has 0 unspecified atom stereocenters. The normalized spacial score (nSPS) is 14.0. The van der Waals surface area contributed by atoms with Crippen molar-refractivity contribution in [1.82, 2.24) is 4.90 Å². The maximum absolute atomic E-state index is 13.1. The molecule has 0 spiro atoms. The van der Waals surface area contributed by atoms with Crippen LogP contribution in [-0.4, -0.2) is 50.5 Å². The summed E-state index contributed by atoms with van der Waals surface area (Å²) in [7, 11) is 1.73. The van der Waals surface area contributed by atoms with Gasteiger partial charge in [-0.2, -0.15) is 11.8 Å². The quantitative estimate of drug-likeness (QED) is 0.267. The number of ether oxygens (including phenoxy) is 1. The summed E-state index contributed by atoms with van der Waals surface area (Å²) in [5, 5.41) is 0.650. The van der Waals surface area contributed by atoms with Crippen molar-refractivity contribution >= 4 is 40.8 Å². The Labute approximate surface area is 222 Å². The number of hydrogen-bond donors (Lipinski definition) is 0. The smallest absolute Gasteiger partial charge is 0.200 e. The average molecular weight is 523 g/mol. The second-order valence-corrected chi connectivity index (χ2v) is 9.80. The van der Waals surface area contributed by atoms with E-state index in [1.54, 1.807) is 13.4 Å². The molecule has 3 aromatic carbocycles. The van der Waals surface area contributed by atoms with Crippen molar-refractivity contribution in [3.05, 3.63) is 94.8 Å². The molecule has 0 N–H and O–H groups in total. The number of para-hydroxylation sites is 3. The molecule has 1 fully saturated rings. The predicted molar refractivity (Wildman–Crippen MR) is 153 cm³/mol. The summed E-state index contributed by atoms with van der Waals surface area (Å²) >= 11 is 1.89. The van der Waals surface area contributed by atoms with Crippen LogP contribution in [0, 0.1) is 0 Å². The standard InChI is InChI=1S/C29H30N2O3S.ClH/c1-33-27-13-6-5-12-26(27)31-16-14-30(15-17-31)18-19-35-21-23-10-7-11-24-28(32)25(20-34-29(23)24)22-8-3-2-4-9-22;/h2-13,20H,14-19,21H2,1H3;1H. The van der Waals surface area contributed by atoms with E-state index in [1.807, 2.05) is 66.4 Å². The molecule has 0 bridgehead atoms. The Morgan fingerprint density at radius 1 is 0.917 bits per heavy atom. The highest BCUT2D eigenvalue weighted by molar-refractivity contribution is 7.98. The van der Waals surface area contributed by atoms with Crippen LogP contribution in [0.4, 0.5) is 5.69 Å². The van der Waals surface area contributed by atoms with Crippen LogP contribution in [0.5, 0.6) is 5.75 Å². The summed E-state index contributed by atoms with van der Waals surface area (Å²) in [4.78, 5) is 18.0. The number of benzene rings is 3. The molecule has 1 aromatic heterocycles. The second-order valence-electron chi connectivity index (χ2n) is 8.69. The topological polar surface area (TPSA) is 45.9 Å². The van der Waals surface area contributed by atoms with Gasteiger partial charge in [-0.3, -0.25) is 9.69 Å². The lowest BCUT2D eigenvalue weighted by atomic mass is 10.0. The number of piperazine rings is 1. The fraction of sp³-hybridized carbons (Fsp3) is 0.276. The van der Waals surface area contributed by atoms with Crippen LogP contribution >= 0.6 is 24.2 Å². The van der Waals surface area contributed by atoms with Crippen molar-refractivity contribution in [3.63, 3.8) is 0 Å². The zero-order valence-corrected chi connectivity index (χ0v) is 22.0. The molecule has 2 heterocycles. The zero-order chi connectivity index (χ0) is 24.0. The Bertz CT molecular complexity index is 1340. The Balaban J connectivity index is 0.00000304. The average Bonchev–Trinajstić information content (AvgIpc) is 2.92. The maximum Gasteiger partial charge on any atom is 0.200 e. The lowest BCUT2D eigenvalue weighted by Crippen LogP contribution is -2.47. The van der Waals surface area contributed by atoms with E-state index in [0.29, 0.717) is 16.5 Å². The maximum atomic E-state index is 13.1. The molecule has 0 amide bonds. The third kappa shape index (κ3) is 5.72. The number of halogens is 1. The SMILES string of the molecule is COc1ccccc1N1CCN(CCSCc2cccc3c(=O)c(-c4ccccc4)coc23)CC1.Cl. The molecule has 1 aliphatic heterocycles. The van der Waals surface area contributed by atoms with Gasteiger partial charge in [0.05, 0.1) is 23.7 Å². The molecule has 7 heteroatoms. The Hall–Kier alpha value is -2.93. The van der Waals surface area contributed by atoms with Gasteiger partial charge in [-0.05, 0) is 23.8 Å². The lowest BCUT2D eigenvalue weighted by Gasteiger charge is -2.36. The minimum absolute atomic E-state index is 0. The first-order valence-electron chi connectivity index (χ1n) is 12.0. The fourth-order valence-electron chi connectivity index (χ4n) is 4.63. The number of thioether (sulfide) groups is 1. The molecule has 1 aliphatic rings. The molecule has 0 aliphatic carbocycles. The van der Waals surface area contributed by atoms with Gasteiger partial charge in [0.1, 0.15) is 17.6 Å². The van der Waals surface area contributed by atoms with Crippen molar-refractivity contribution in [2.45, 2.75) is 5.75 Å². The van der Waals surface area contributed by atoms with Gasteiger partial charge in [0.2, 0.25) is 0 Å². The van der Waals surface area contributed by atoms with Crippen LogP contribution in [0.1, 0.15) is 5.56 Å². The van der Waals surface area contributed by atoms with Crippen molar-refractivity contribution in [3.8, 4) is 16.9 Å². The predicted octanol–water partition coefficient (Wildman–Crippen LogP) is 5.95. The molecular formula is C29H31ClN2O3S. The van der Waals surface area contributed by atoms with E-state index in [0.717, 1.165) is 61.1 Å². The number of methoxy groups -OCH3 is 1. The molecule has 1 saturated heterocycles. The van der Waals surface area contributed by atoms with E-state index in [2.05, 4.69) is 28.0 Å². The first-order chi connectivity index (χ1) is 17.2. The summed E-state index contributed by atoms with van der Waals surface area (Å²) < 4.78 is 11.5. The highest BCUT2D eigenvalue weighted by Crippen LogP contribution is 2.29. The van der Waals surface area contributed by atoms with Gasteiger partial charge >= 0.3 is 0 Å². The number of fused-ring (bicyclic) bond motifs is 1. The minimum atomic E-state index is 0. The second kappa shape index (κ2) is 12.3. The molecule has 188 valence electrons. The summed E-state index contributed by atoms with van der Waals surface area (Å²) in [6.07, 6.45) is 1.61. The summed E-state index contributed by atoms with van der Waals surface area (Å²) in [6, 6.07) is 23.8. The largest absolute Gasteiger partial charge is 0.495 e. The molecule has 36 heavy (non-hydrogen) atoms. The van der Waals surface area contributed by atoms with Gasteiger partial charge in [-0.25, -0.2) is 0 Å². The van der Waals surface area contributed by atoms with Gasteiger partial charge in [-0.15, -0.1) is 12.4 Å². The Kier molecular flexibility index (Phi) is 8.97. The molecule has 0 saturated carbocycles. The summed E-state index contributed by atoms with van der Waals surface area (Å²) in [6.45, 7) is 5.15. The van der Waals surface area contributed by atoms with E-state index in [9.17, 15) is 4.79 Å². The van der Waals surface area contributed by atoms with Crippen molar-refractivity contribution in [2.24, 2.45) is 0 Å². The van der Waals surface area contributed by atoms with E-state index >= 15 is 0 Å². The third-order valence-electron chi connectivity index (χ3n) is 6.57.